The predicted octanol–water partition coefficient (Wildman–Crippen LogP) is 3.03. The van der Waals surface area contributed by atoms with Crippen molar-refractivity contribution in [1.29, 1.82) is 0 Å². The van der Waals surface area contributed by atoms with Crippen LogP contribution >= 0.6 is 0 Å². The summed E-state index contributed by atoms with van der Waals surface area (Å²) in [6.45, 7) is 2.77. The standard InChI is InChI=1S/C11H14O/c1-2-3-7-10-12-11-8-5-4-6-9-11/h3-9H,2,10H2,1H3/b7-3+. The van der Waals surface area contributed by atoms with Crippen LogP contribution in [-0.2, 0) is 0 Å². The summed E-state index contributed by atoms with van der Waals surface area (Å²) >= 11 is 0. The topological polar surface area (TPSA) is 9.23 Å². The molecule has 0 aromatic heterocycles. The zero-order valence-corrected chi connectivity index (χ0v) is 7.36. The Hall–Kier alpha value is -1.24. The van der Waals surface area contributed by atoms with Gasteiger partial charge in [-0.1, -0.05) is 37.3 Å². The van der Waals surface area contributed by atoms with Gasteiger partial charge in [0, 0.05) is 0 Å². The number of allylic oxidation sites excluding steroid dienone is 1. The number of hydrogen-bond acceptors (Lipinski definition) is 1. The van der Waals surface area contributed by atoms with Gasteiger partial charge >= 0.3 is 0 Å². The minimum absolute atomic E-state index is 0.665. The minimum Gasteiger partial charge on any atom is -0.490 e. The molecule has 1 rings (SSSR count). The molecule has 12 heavy (non-hydrogen) atoms. The summed E-state index contributed by atoms with van der Waals surface area (Å²) in [5.41, 5.74) is 0. The molecule has 0 saturated carbocycles. The first-order chi connectivity index (χ1) is 5.93. The van der Waals surface area contributed by atoms with Crippen molar-refractivity contribution in [2.75, 3.05) is 6.61 Å². The molecule has 0 bridgehead atoms. The van der Waals surface area contributed by atoms with Gasteiger partial charge in [-0.05, 0) is 18.6 Å². The van der Waals surface area contributed by atoms with E-state index >= 15 is 0 Å². The zero-order chi connectivity index (χ0) is 8.65. The van der Waals surface area contributed by atoms with Gasteiger partial charge in [0.2, 0.25) is 0 Å². The zero-order valence-electron chi connectivity index (χ0n) is 7.36. The highest BCUT2D eigenvalue weighted by molar-refractivity contribution is 5.21. The molecule has 0 unspecified atom stereocenters. The fourth-order valence-corrected chi connectivity index (χ4v) is 0.896. The third kappa shape index (κ3) is 3.24. The number of para-hydroxylation sites is 1. The first-order valence-corrected chi connectivity index (χ1v) is 4.26. The lowest BCUT2D eigenvalue weighted by molar-refractivity contribution is 0.362. The number of hydrogen-bond donors (Lipinski definition) is 0. The molecule has 0 amide bonds. The Balaban J connectivity index is 2.29. The Kier molecular flexibility index (Phi) is 4.00. The largest absolute Gasteiger partial charge is 0.490 e. The van der Waals surface area contributed by atoms with E-state index in [-0.39, 0.29) is 0 Å². The van der Waals surface area contributed by atoms with Crippen molar-refractivity contribution in [2.24, 2.45) is 0 Å². The molecule has 0 heterocycles. The van der Waals surface area contributed by atoms with E-state index in [1.807, 2.05) is 36.4 Å². The third-order valence-corrected chi connectivity index (χ3v) is 1.49. The maximum absolute atomic E-state index is 5.42. The van der Waals surface area contributed by atoms with Gasteiger partial charge in [0.15, 0.2) is 0 Å². The summed E-state index contributed by atoms with van der Waals surface area (Å²) < 4.78 is 5.42. The van der Waals surface area contributed by atoms with Gasteiger partial charge in [0.05, 0.1) is 0 Å². The summed E-state index contributed by atoms with van der Waals surface area (Å²) in [5.74, 6) is 0.929. The average molecular weight is 162 g/mol. The molecule has 1 heteroatoms. The van der Waals surface area contributed by atoms with E-state index in [4.69, 9.17) is 4.74 Å². The normalized spacial score (nSPS) is 10.4. The second kappa shape index (κ2) is 5.42. The lowest BCUT2D eigenvalue weighted by Gasteiger charge is -2.00. The van der Waals surface area contributed by atoms with Gasteiger partial charge in [-0.3, -0.25) is 0 Å². The number of rotatable bonds is 4. The van der Waals surface area contributed by atoms with Crippen LogP contribution in [0.25, 0.3) is 0 Å². The van der Waals surface area contributed by atoms with Crippen LogP contribution in [0.1, 0.15) is 13.3 Å². The molecule has 0 aliphatic heterocycles. The highest BCUT2D eigenvalue weighted by Crippen LogP contribution is 2.07. The molecule has 0 aliphatic carbocycles. The Labute approximate surface area is 73.7 Å². The van der Waals surface area contributed by atoms with Gasteiger partial charge < -0.3 is 4.74 Å². The van der Waals surface area contributed by atoms with Crippen LogP contribution in [0.4, 0.5) is 0 Å². The van der Waals surface area contributed by atoms with E-state index in [2.05, 4.69) is 13.0 Å². The second-order valence-corrected chi connectivity index (χ2v) is 2.50. The fourth-order valence-electron chi connectivity index (χ4n) is 0.896. The lowest BCUT2D eigenvalue weighted by atomic mass is 10.3. The average Bonchev–Trinajstić information content (AvgIpc) is 2.14. The van der Waals surface area contributed by atoms with Crippen molar-refractivity contribution in [3.05, 3.63) is 42.5 Å². The first-order valence-electron chi connectivity index (χ1n) is 4.26. The summed E-state index contributed by atoms with van der Waals surface area (Å²) in [4.78, 5) is 0. The maximum atomic E-state index is 5.42. The highest BCUT2D eigenvalue weighted by Gasteiger charge is 1.85. The van der Waals surface area contributed by atoms with Gasteiger partial charge in [0.25, 0.3) is 0 Å². The molecule has 0 fully saturated rings. The Morgan fingerprint density at radius 3 is 2.58 bits per heavy atom. The van der Waals surface area contributed by atoms with Crippen LogP contribution in [0.2, 0.25) is 0 Å². The first kappa shape index (κ1) is 8.85. The van der Waals surface area contributed by atoms with Crippen LogP contribution in [0.3, 0.4) is 0 Å². The van der Waals surface area contributed by atoms with Gasteiger partial charge in [-0.15, -0.1) is 0 Å². The molecule has 0 N–H and O–H groups in total. The minimum atomic E-state index is 0.665. The molecule has 0 saturated heterocycles. The van der Waals surface area contributed by atoms with Crippen molar-refractivity contribution in [3.63, 3.8) is 0 Å². The quantitative estimate of drug-likeness (QED) is 0.618. The SMILES string of the molecule is CC/C=C/COc1ccccc1. The van der Waals surface area contributed by atoms with Gasteiger partial charge in [-0.2, -0.15) is 0 Å². The van der Waals surface area contributed by atoms with E-state index < -0.39 is 0 Å². The molecule has 64 valence electrons. The lowest BCUT2D eigenvalue weighted by Crippen LogP contribution is -1.92. The molecule has 0 radical (unpaired) electrons. The predicted molar refractivity (Wildman–Crippen MR) is 51.4 cm³/mol. The van der Waals surface area contributed by atoms with E-state index in [1.165, 1.54) is 0 Å². The van der Waals surface area contributed by atoms with Gasteiger partial charge in [0.1, 0.15) is 12.4 Å². The van der Waals surface area contributed by atoms with Crippen molar-refractivity contribution in [3.8, 4) is 5.75 Å². The molecule has 1 nitrogen and oxygen atoms in total. The Morgan fingerprint density at radius 2 is 1.92 bits per heavy atom. The summed E-state index contributed by atoms with van der Waals surface area (Å²) in [6, 6.07) is 9.84. The van der Waals surface area contributed by atoms with Gasteiger partial charge in [-0.25, -0.2) is 0 Å². The van der Waals surface area contributed by atoms with Crippen LogP contribution in [-0.4, -0.2) is 6.61 Å². The van der Waals surface area contributed by atoms with Crippen LogP contribution in [0, 0.1) is 0 Å². The molecular formula is C11H14O. The molecule has 0 aliphatic rings. The molecule has 0 atom stereocenters. The van der Waals surface area contributed by atoms with E-state index in [1.54, 1.807) is 0 Å². The van der Waals surface area contributed by atoms with Crippen molar-refractivity contribution in [2.45, 2.75) is 13.3 Å². The third-order valence-electron chi connectivity index (χ3n) is 1.49. The molecule has 1 aromatic carbocycles. The Morgan fingerprint density at radius 1 is 1.17 bits per heavy atom. The van der Waals surface area contributed by atoms with E-state index in [9.17, 15) is 0 Å². The van der Waals surface area contributed by atoms with Crippen LogP contribution in [0.5, 0.6) is 5.75 Å². The second-order valence-electron chi connectivity index (χ2n) is 2.50. The number of benzene rings is 1. The fraction of sp³-hybridized carbons (Fsp3) is 0.273. The molecule has 0 spiro atoms. The Bertz CT molecular complexity index is 226. The molecule has 1 aromatic rings. The highest BCUT2D eigenvalue weighted by atomic mass is 16.5. The summed E-state index contributed by atoms with van der Waals surface area (Å²) in [6.07, 6.45) is 5.20. The van der Waals surface area contributed by atoms with E-state index in [0.29, 0.717) is 6.61 Å². The summed E-state index contributed by atoms with van der Waals surface area (Å²) in [5, 5.41) is 0. The summed E-state index contributed by atoms with van der Waals surface area (Å²) in [7, 11) is 0. The maximum Gasteiger partial charge on any atom is 0.119 e. The van der Waals surface area contributed by atoms with E-state index in [0.717, 1.165) is 12.2 Å². The smallest absolute Gasteiger partial charge is 0.119 e. The molecular weight excluding hydrogens is 148 g/mol. The van der Waals surface area contributed by atoms with Crippen LogP contribution in [0.15, 0.2) is 42.5 Å². The number of ether oxygens (including phenoxy) is 1. The van der Waals surface area contributed by atoms with Crippen molar-refractivity contribution >= 4 is 0 Å². The monoisotopic (exact) mass is 162 g/mol. The van der Waals surface area contributed by atoms with Crippen molar-refractivity contribution < 1.29 is 4.74 Å². The van der Waals surface area contributed by atoms with Crippen molar-refractivity contribution in [1.82, 2.24) is 0 Å². The van der Waals surface area contributed by atoms with Crippen LogP contribution < -0.4 is 4.74 Å².